The van der Waals surface area contributed by atoms with Gasteiger partial charge in [-0.05, 0) is 29.3 Å². The number of nitrogen functional groups attached to an aromatic ring is 1. The van der Waals surface area contributed by atoms with E-state index in [9.17, 15) is 4.79 Å². The summed E-state index contributed by atoms with van der Waals surface area (Å²) in [6.45, 7) is 0.558. The van der Waals surface area contributed by atoms with Gasteiger partial charge in [0.25, 0.3) is 6.01 Å². The first kappa shape index (κ1) is 14.2. The summed E-state index contributed by atoms with van der Waals surface area (Å²) in [5.74, 6) is -0.853. The van der Waals surface area contributed by atoms with Crippen LogP contribution in [-0.4, -0.2) is 22.7 Å². The van der Waals surface area contributed by atoms with E-state index in [4.69, 9.17) is 20.0 Å². The predicted octanol–water partition coefficient (Wildman–Crippen LogP) is 3.23. The number of aliphatic carboxylic acids is 1. The SMILES string of the molecule is Nc1nc2ccc(-c3cc4c(s3)CCOC4CC(=O)O)cc2o1. The zero-order valence-electron chi connectivity index (χ0n) is 12.1. The number of rotatable bonds is 3. The molecule has 0 saturated carbocycles. The highest BCUT2D eigenvalue weighted by Gasteiger charge is 2.26. The number of ether oxygens (including phenoxy) is 1. The fraction of sp³-hybridized carbons (Fsp3) is 0.250. The van der Waals surface area contributed by atoms with Crippen molar-refractivity contribution in [2.24, 2.45) is 0 Å². The maximum atomic E-state index is 11.0. The monoisotopic (exact) mass is 330 g/mol. The number of hydrogen-bond acceptors (Lipinski definition) is 6. The highest BCUT2D eigenvalue weighted by atomic mass is 32.1. The van der Waals surface area contributed by atoms with Crippen molar-refractivity contribution in [3.63, 3.8) is 0 Å². The van der Waals surface area contributed by atoms with Crippen molar-refractivity contribution in [1.82, 2.24) is 4.98 Å². The molecular weight excluding hydrogens is 316 g/mol. The van der Waals surface area contributed by atoms with Crippen LogP contribution in [-0.2, 0) is 16.0 Å². The van der Waals surface area contributed by atoms with E-state index in [1.165, 1.54) is 4.88 Å². The molecule has 7 heteroatoms. The summed E-state index contributed by atoms with van der Waals surface area (Å²) in [6.07, 6.45) is 0.431. The second kappa shape index (κ2) is 5.36. The van der Waals surface area contributed by atoms with Crippen LogP contribution in [0.4, 0.5) is 6.01 Å². The molecule has 1 aromatic carbocycles. The number of carbonyl (C=O) groups is 1. The summed E-state index contributed by atoms with van der Waals surface area (Å²) < 4.78 is 11.0. The van der Waals surface area contributed by atoms with Crippen LogP contribution in [0.25, 0.3) is 21.5 Å². The lowest BCUT2D eigenvalue weighted by atomic mass is 10.0. The average molecular weight is 330 g/mol. The third-order valence-corrected chi connectivity index (χ3v) is 5.15. The number of hydrogen-bond donors (Lipinski definition) is 2. The van der Waals surface area contributed by atoms with Crippen molar-refractivity contribution in [3.05, 3.63) is 34.7 Å². The van der Waals surface area contributed by atoms with Gasteiger partial charge in [0.2, 0.25) is 0 Å². The van der Waals surface area contributed by atoms with Crippen LogP contribution in [0.15, 0.2) is 28.7 Å². The van der Waals surface area contributed by atoms with E-state index in [1.54, 1.807) is 11.3 Å². The van der Waals surface area contributed by atoms with Gasteiger partial charge in [-0.2, -0.15) is 4.98 Å². The molecular formula is C16H14N2O4S. The topological polar surface area (TPSA) is 98.6 Å². The molecule has 3 N–H and O–H groups in total. The molecule has 3 heterocycles. The third kappa shape index (κ3) is 2.58. The fourth-order valence-electron chi connectivity index (χ4n) is 2.86. The summed E-state index contributed by atoms with van der Waals surface area (Å²) in [5, 5.41) is 9.03. The standard InChI is InChI=1S/C16H14N2O4S/c17-16-18-10-2-1-8(5-12(10)22-16)14-6-9-11(7-15(19)20)21-4-3-13(9)23-14/h1-2,5-6,11H,3-4,7H2,(H2,17,18)(H,19,20). The summed E-state index contributed by atoms with van der Waals surface area (Å²) in [7, 11) is 0. The van der Waals surface area contributed by atoms with Crippen molar-refractivity contribution in [3.8, 4) is 10.4 Å². The summed E-state index contributed by atoms with van der Waals surface area (Å²) in [5.41, 5.74) is 8.93. The lowest BCUT2D eigenvalue weighted by Gasteiger charge is -2.21. The molecule has 1 aliphatic rings. The Morgan fingerprint density at radius 2 is 2.30 bits per heavy atom. The van der Waals surface area contributed by atoms with E-state index in [2.05, 4.69) is 4.98 Å². The first-order valence-electron chi connectivity index (χ1n) is 7.22. The van der Waals surface area contributed by atoms with E-state index >= 15 is 0 Å². The Morgan fingerprint density at radius 3 is 3.13 bits per heavy atom. The quantitative estimate of drug-likeness (QED) is 0.765. The molecule has 0 spiro atoms. The van der Waals surface area contributed by atoms with Crippen LogP contribution in [0.2, 0.25) is 0 Å². The van der Waals surface area contributed by atoms with Crippen molar-refractivity contribution in [2.45, 2.75) is 18.9 Å². The van der Waals surface area contributed by atoms with Crippen LogP contribution >= 0.6 is 11.3 Å². The zero-order valence-corrected chi connectivity index (χ0v) is 12.9. The zero-order chi connectivity index (χ0) is 16.0. The summed E-state index contributed by atoms with van der Waals surface area (Å²) >= 11 is 1.67. The Kier molecular flexibility index (Phi) is 3.32. The van der Waals surface area contributed by atoms with Gasteiger partial charge in [-0.3, -0.25) is 4.79 Å². The summed E-state index contributed by atoms with van der Waals surface area (Å²) in [6, 6.07) is 7.91. The maximum absolute atomic E-state index is 11.0. The van der Waals surface area contributed by atoms with Gasteiger partial charge in [0.05, 0.1) is 19.1 Å². The van der Waals surface area contributed by atoms with Gasteiger partial charge in [0.1, 0.15) is 5.52 Å². The van der Waals surface area contributed by atoms with Gasteiger partial charge in [-0.1, -0.05) is 6.07 Å². The number of thiophene rings is 1. The van der Waals surface area contributed by atoms with Crippen LogP contribution in [0.3, 0.4) is 0 Å². The molecule has 6 nitrogen and oxygen atoms in total. The highest BCUT2D eigenvalue weighted by molar-refractivity contribution is 7.15. The molecule has 0 bridgehead atoms. The van der Waals surface area contributed by atoms with Crippen molar-refractivity contribution in [2.75, 3.05) is 12.3 Å². The van der Waals surface area contributed by atoms with Crippen LogP contribution in [0.1, 0.15) is 23.0 Å². The Bertz CT molecular complexity index is 899. The number of benzene rings is 1. The largest absolute Gasteiger partial charge is 0.481 e. The van der Waals surface area contributed by atoms with Gasteiger partial charge in [-0.25, -0.2) is 0 Å². The minimum absolute atomic E-state index is 0.0130. The van der Waals surface area contributed by atoms with Gasteiger partial charge in [0.15, 0.2) is 5.58 Å². The van der Waals surface area contributed by atoms with Crippen molar-refractivity contribution >= 4 is 34.4 Å². The molecule has 23 heavy (non-hydrogen) atoms. The lowest BCUT2D eigenvalue weighted by molar-refractivity contribution is -0.140. The third-order valence-electron chi connectivity index (χ3n) is 3.89. The summed E-state index contributed by atoms with van der Waals surface area (Å²) in [4.78, 5) is 17.3. The van der Waals surface area contributed by atoms with Gasteiger partial charge >= 0.3 is 5.97 Å². The van der Waals surface area contributed by atoms with Gasteiger partial charge in [-0.15, -0.1) is 11.3 Å². The Balaban J connectivity index is 1.74. The van der Waals surface area contributed by atoms with Crippen LogP contribution in [0, 0.1) is 0 Å². The molecule has 0 fully saturated rings. The molecule has 2 aromatic heterocycles. The minimum Gasteiger partial charge on any atom is -0.481 e. The van der Waals surface area contributed by atoms with E-state index in [1.807, 2.05) is 24.3 Å². The van der Waals surface area contributed by atoms with Crippen molar-refractivity contribution < 1.29 is 19.1 Å². The Labute approximate surface area is 135 Å². The molecule has 4 rings (SSSR count). The average Bonchev–Trinajstić information content (AvgIpc) is 3.08. The molecule has 0 radical (unpaired) electrons. The minimum atomic E-state index is -0.853. The number of aromatic nitrogens is 1. The predicted molar refractivity (Wildman–Crippen MR) is 86.4 cm³/mol. The number of nitrogens with zero attached hydrogens (tertiary/aromatic N) is 1. The van der Waals surface area contributed by atoms with Crippen LogP contribution < -0.4 is 5.73 Å². The van der Waals surface area contributed by atoms with Gasteiger partial charge < -0.3 is 20.0 Å². The number of anilines is 1. The first-order chi connectivity index (χ1) is 11.1. The number of carboxylic acid groups (broad SMARTS) is 1. The second-order valence-corrected chi connectivity index (χ2v) is 6.57. The molecule has 0 saturated heterocycles. The molecule has 0 amide bonds. The smallest absolute Gasteiger partial charge is 0.306 e. The number of fused-ring (bicyclic) bond motifs is 2. The second-order valence-electron chi connectivity index (χ2n) is 5.43. The van der Waals surface area contributed by atoms with E-state index in [0.29, 0.717) is 12.2 Å². The van der Waals surface area contributed by atoms with Crippen molar-refractivity contribution in [1.29, 1.82) is 0 Å². The van der Waals surface area contributed by atoms with E-state index in [-0.39, 0.29) is 18.5 Å². The highest BCUT2D eigenvalue weighted by Crippen LogP contribution is 2.40. The Morgan fingerprint density at radius 1 is 1.43 bits per heavy atom. The normalized spacial score (nSPS) is 17.3. The van der Waals surface area contributed by atoms with Crippen LogP contribution in [0.5, 0.6) is 0 Å². The number of oxazole rings is 1. The molecule has 1 atom stereocenters. The molecule has 1 aliphatic heterocycles. The fourth-order valence-corrected chi connectivity index (χ4v) is 4.05. The molecule has 0 aliphatic carbocycles. The first-order valence-corrected chi connectivity index (χ1v) is 8.04. The molecule has 1 unspecified atom stereocenters. The Hall–Kier alpha value is -2.38. The lowest BCUT2D eigenvalue weighted by Crippen LogP contribution is -2.17. The molecule has 118 valence electrons. The van der Waals surface area contributed by atoms with E-state index in [0.717, 1.165) is 27.9 Å². The molecule has 3 aromatic rings. The number of carboxylic acids is 1. The maximum Gasteiger partial charge on any atom is 0.306 e. The number of nitrogens with two attached hydrogens (primary N) is 1. The van der Waals surface area contributed by atoms with E-state index < -0.39 is 5.97 Å². The van der Waals surface area contributed by atoms with Gasteiger partial charge in [0, 0.05) is 16.2 Å².